The molecule has 0 heterocycles. The molecule has 0 radical (unpaired) electrons. The van der Waals surface area contributed by atoms with Gasteiger partial charge in [0.05, 0.1) is 19.0 Å². The first-order chi connectivity index (χ1) is 10.2. The number of carbonyl (C=O) groups excluding carboxylic acids is 1. The molecular formula is C16H16N2O3. The van der Waals surface area contributed by atoms with Gasteiger partial charge in [0.15, 0.2) is 0 Å². The number of amides is 1. The first-order valence-corrected chi connectivity index (χ1v) is 6.35. The lowest BCUT2D eigenvalue weighted by molar-refractivity contribution is 0.102. The number of para-hydroxylation sites is 2. The van der Waals surface area contributed by atoms with E-state index in [-0.39, 0.29) is 5.91 Å². The summed E-state index contributed by atoms with van der Waals surface area (Å²) in [5, 5.41) is 6.48. The smallest absolute Gasteiger partial charge is 0.255 e. The van der Waals surface area contributed by atoms with Gasteiger partial charge in [-0.1, -0.05) is 29.4 Å². The molecule has 108 valence electrons. The molecule has 2 aromatic carbocycles. The van der Waals surface area contributed by atoms with Crippen LogP contribution in [0, 0.1) is 0 Å². The first-order valence-electron chi connectivity index (χ1n) is 6.35. The van der Waals surface area contributed by atoms with E-state index >= 15 is 0 Å². The SMILES string of the molecule is CO/N=C/c1ccc(C(=O)Nc2ccccc2OC)cc1. The molecule has 0 fully saturated rings. The predicted octanol–water partition coefficient (Wildman–Crippen LogP) is 2.93. The van der Waals surface area contributed by atoms with Gasteiger partial charge in [0.25, 0.3) is 5.91 Å². The summed E-state index contributed by atoms with van der Waals surface area (Å²) in [4.78, 5) is 16.8. The summed E-state index contributed by atoms with van der Waals surface area (Å²) in [5.74, 6) is 0.421. The lowest BCUT2D eigenvalue weighted by Crippen LogP contribution is -2.12. The average molecular weight is 284 g/mol. The van der Waals surface area contributed by atoms with Gasteiger partial charge < -0.3 is 14.9 Å². The van der Waals surface area contributed by atoms with Crippen LogP contribution in [-0.4, -0.2) is 26.3 Å². The van der Waals surface area contributed by atoms with Crippen molar-refractivity contribution < 1.29 is 14.4 Å². The summed E-state index contributed by atoms with van der Waals surface area (Å²) in [7, 11) is 3.04. The van der Waals surface area contributed by atoms with Crippen LogP contribution in [0.4, 0.5) is 5.69 Å². The molecule has 0 saturated carbocycles. The van der Waals surface area contributed by atoms with E-state index in [2.05, 4.69) is 15.3 Å². The molecule has 0 spiro atoms. The van der Waals surface area contributed by atoms with Crippen molar-refractivity contribution in [2.24, 2.45) is 5.16 Å². The molecule has 21 heavy (non-hydrogen) atoms. The number of nitrogens with zero attached hydrogens (tertiary/aromatic N) is 1. The van der Waals surface area contributed by atoms with E-state index in [1.165, 1.54) is 7.11 Å². The Morgan fingerprint density at radius 3 is 2.48 bits per heavy atom. The van der Waals surface area contributed by atoms with Gasteiger partial charge in [-0.2, -0.15) is 0 Å². The lowest BCUT2D eigenvalue weighted by Gasteiger charge is -2.09. The Bertz CT molecular complexity index is 636. The van der Waals surface area contributed by atoms with Gasteiger partial charge in [0.2, 0.25) is 0 Å². The van der Waals surface area contributed by atoms with E-state index in [1.54, 1.807) is 49.7 Å². The number of hydrogen-bond donors (Lipinski definition) is 1. The second-order valence-corrected chi connectivity index (χ2v) is 4.19. The highest BCUT2D eigenvalue weighted by atomic mass is 16.6. The van der Waals surface area contributed by atoms with Crippen LogP contribution in [0.5, 0.6) is 5.75 Å². The number of oxime groups is 1. The topological polar surface area (TPSA) is 59.9 Å². The quantitative estimate of drug-likeness (QED) is 0.678. The van der Waals surface area contributed by atoms with Crippen molar-refractivity contribution in [2.75, 3.05) is 19.5 Å². The van der Waals surface area contributed by atoms with Crippen molar-refractivity contribution in [3.63, 3.8) is 0 Å². The number of nitrogens with one attached hydrogen (secondary N) is 1. The van der Waals surface area contributed by atoms with Crippen LogP contribution in [0.25, 0.3) is 0 Å². The van der Waals surface area contributed by atoms with Gasteiger partial charge in [0, 0.05) is 5.56 Å². The van der Waals surface area contributed by atoms with Gasteiger partial charge >= 0.3 is 0 Å². The third-order valence-corrected chi connectivity index (χ3v) is 2.84. The number of benzene rings is 2. The number of ether oxygens (including phenoxy) is 1. The number of anilines is 1. The predicted molar refractivity (Wildman–Crippen MR) is 82.0 cm³/mol. The van der Waals surface area contributed by atoms with E-state index in [0.29, 0.717) is 17.0 Å². The van der Waals surface area contributed by atoms with Crippen molar-refractivity contribution in [2.45, 2.75) is 0 Å². The number of methoxy groups -OCH3 is 1. The van der Waals surface area contributed by atoms with Crippen LogP contribution in [0.15, 0.2) is 53.7 Å². The Balaban J connectivity index is 2.11. The minimum Gasteiger partial charge on any atom is -0.495 e. The molecule has 0 aliphatic rings. The molecule has 1 N–H and O–H groups in total. The average Bonchev–Trinajstić information content (AvgIpc) is 2.54. The van der Waals surface area contributed by atoms with Crippen LogP contribution in [0.1, 0.15) is 15.9 Å². The summed E-state index contributed by atoms with van der Waals surface area (Å²) < 4.78 is 5.20. The highest BCUT2D eigenvalue weighted by Gasteiger charge is 2.08. The third-order valence-electron chi connectivity index (χ3n) is 2.84. The minimum atomic E-state index is -0.199. The first kappa shape index (κ1) is 14.6. The Hall–Kier alpha value is -2.82. The number of hydrogen-bond acceptors (Lipinski definition) is 4. The Labute approximate surface area is 123 Å². The number of carbonyl (C=O) groups is 1. The van der Waals surface area contributed by atoms with Crippen LogP contribution < -0.4 is 10.1 Å². The van der Waals surface area contributed by atoms with E-state index in [1.807, 2.05) is 12.1 Å². The fourth-order valence-electron chi connectivity index (χ4n) is 1.78. The highest BCUT2D eigenvalue weighted by molar-refractivity contribution is 6.05. The molecule has 5 nitrogen and oxygen atoms in total. The highest BCUT2D eigenvalue weighted by Crippen LogP contribution is 2.23. The summed E-state index contributed by atoms with van der Waals surface area (Å²) in [6.07, 6.45) is 1.57. The van der Waals surface area contributed by atoms with E-state index in [9.17, 15) is 4.79 Å². The second kappa shape index (κ2) is 7.09. The summed E-state index contributed by atoms with van der Waals surface area (Å²) in [5.41, 5.74) is 2.04. The van der Waals surface area contributed by atoms with Crippen molar-refractivity contribution >= 4 is 17.8 Å². The van der Waals surface area contributed by atoms with E-state index in [4.69, 9.17) is 4.74 Å². The molecule has 5 heteroatoms. The van der Waals surface area contributed by atoms with Crippen LogP contribution in [0.3, 0.4) is 0 Å². The molecule has 0 aliphatic heterocycles. The van der Waals surface area contributed by atoms with Crippen molar-refractivity contribution in [1.29, 1.82) is 0 Å². The van der Waals surface area contributed by atoms with Gasteiger partial charge in [0.1, 0.15) is 12.9 Å². The molecule has 0 unspecified atom stereocenters. The lowest BCUT2D eigenvalue weighted by atomic mass is 10.1. The largest absolute Gasteiger partial charge is 0.495 e. The molecule has 0 aliphatic carbocycles. The molecule has 1 amide bonds. The zero-order valence-corrected chi connectivity index (χ0v) is 11.9. The molecule has 2 aromatic rings. The monoisotopic (exact) mass is 284 g/mol. The fourth-order valence-corrected chi connectivity index (χ4v) is 1.78. The van der Waals surface area contributed by atoms with Crippen LogP contribution >= 0.6 is 0 Å². The minimum absolute atomic E-state index is 0.199. The normalized spacial score (nSPS) is 10.4. The molecule has 0 aromatic heterocycles. The maximum absolute atomic E-state index is 12.2. The van der Waals surface area contributed by atoms with Gasteiger partial charge in [-0.25, -0.2) is 0 Å². The summed E-state index contributed by atoms with van der Waals surface area (Å²) in [6, 6.07) is 14.3. The van der Waals surface area contributed by atoms with E-state index in [0.717, 1.165) is 5.56 Å². The van der Waals surface area contributed by atoms with Crippen LogP contribution in [0.2, 0.25) is 0 Å². The zero-order chi connectivity index (χ0) is 15.1. The Morgan fingerprint density at radius 2 is 1.81 bits per heavy atom. The van der Waals surface area contributed by atoms with Gasteiger partial charge in [-0.15, -0.1) is 0 Å². The Kier molecular flexibility index (Phi) is 4.93. The molecule has 2 rings (SSSR count). The maximum Gasteiger partial charge on any atom is 0.255 e. The second-order valence-electron chi connectivity index (χ2n) is 4.19. The fraction of sp³-hybridized carbons (Fsp3) is 0.125. The molecule has 0 atom stereocenters. The van der Waals surface area contributed by atoms with Crippen molar-refractivity contribution in [3.05, 3.63) is 59.7 Å². The van der Waals surface area contributed by atoms with Crippen LogP contribution in [-0.2, 0) is 4.84 Å². The maximum atomic E-state index is 12.2. The Morgan fingerprint density at radius 1 is 1.10 bits per heavy atom. The van der Waals surface area contributed by atoms with Gasteiger partial charge in [-0.3, -0.25) is 4.79 Å². The van der Waals surface area contributed by atoms with Crippen molar-refractivity contribution in [1.82, 2.24) is 0 Å². The molecule has 0 saturated heterocycles. The number of rotatable bonds is 5. The molecule has 0 bridgehead atoms. The zero-order valence-electron chi connectivity index (χ0n) is 11.9. The standard InChI is InChI=1S/C16H16N2O3/c1-20-15-6-4-3-5-14(15)18-16(19)13-9-7-12(8-10-13)11-17-21-2/h3-11H,1-2H3,(H,18,19)/b17-11+. The molecular weight excluding hydrogens is 268 g/mol. The van der Waals surface area contributed by atoms with E-state index < -0.39 is 0 Å². The van der Waals surface area contributed by atoms with Crippen molar-refractivity contribution in [3.8, 4) is 5.75 Å². The third kappa shape index (κ3) is 3.82. The van der Waals surface area contributed by atoms with Gasteiger partial charge in [-0.05, 0) is 29.8 Å². The summed E-state index contributed by atoms with van der Waals surface area (Å²) in [6.45, 7) is 0. The summed E-state index contributed by atoms with van der Waals surface area (Å²) >= 11 is 0.